The molecule has 0 aliphatic carbocycles. The van der Waals surface area contributed by atoms with Crippen LogP contribution in [0.15, 0.2) is 54.7 Å². The maximum Gasteiger partial charge on any atom is 0.249 e. The van der Waals surface area contributed by atoms with Gasteiger partial charge in [-0.25, -0.2) is 9.07 Å². The van der Waals surface area contributed by atoms with Gasteiger partial charge in [-0.3, -0.25) is 9.59 Å². The summed E-state index contributed by atoms with van der Waals surface area (Å²) >= 11 is 0. The number of carbonyl (C=O) groups is 2. The van der Waals surface area contributed by atoms with Gasteiger partial charge < -0.3 is 15.4 Å². The van der Waals surface area contributed by atoms with Crippen LogP contribution >= 0.6 is 0 Å². The van der Waals surface area contributed by atoms with Crippen LogP contribution < -0.4 is 15.4 Å². The lowest BCUT2D eigenvalue weighted by Gasteiger charge is -2.24. The number of anilines is 2. The Kier molecular flexibility index (Phi) is 4.52. The topological polar surface area (TPSA) is 85.2 Å². The van der Waals surface area contributed by atoms with Crippen LogP contribution in [-0.2, 0) is 9.59 Å². The Labute approximate surface area is 160 Å². The summed E-state index contributed by atoms with van der Waals surface area (Å²) in [4.78, 5) is 24.9. The number of rotatable bonds is 4. The van der Waals surface area contributed by atoms with Crippen molar-refractivity contribution in [1.29, 1.82) is 0 Å². The van der Waals surface area contributed by atoms with E-state index in [0.717, 1.165) is 5.56 Å². The quantitative estimate of drug-likeness (QED) is 0.728. The van der Waals surface area contributed by atoms with Crippen LogP contribution in [0.5, 0.6) is 5.75 Å². The van der Waals surface area contributed by atoms with Gasteiger partial charge in [-0.05, 0) is 42.0 Å². The van der Waals surface area contributed by atoms with Gasteiger partial charge in [0, 0.05) is 11.3 Å². The van der Waals surface area contributed by atoms with Crippen LogP contribution in [0.3, 0.4) is 0 Å². The average molecular weight is 380 g/mol. The molecule has 2 N–H and O–H groups in total. The van der Waals surface area contributed by atoms with Crippen molar-refractivity contribution in [3.63, 3.8) is 0 Å². The first-order valence-electron chi connectivity index (χ1n) is 8.63. The van der Waals surface area contributed by atoms with E-state index in [1.165, 1.54) is 28.9 Å². The molecule has 0 saturated heterocycles. The van der Waals surface area contributed by atoms with Crippen LogP contribution in [0.4, 0.5) is 15.9 Å². The van der Waals surface area contributed by atoms with Crippen molar-refractivity contribution < 1.29 is 18.7 Å². The number of methoxy groups -OCH3 is 1. The first kappa shape index (κ1) is 17.7. The molecule has 2 amide bonds. The number of amides is 2. The van der Waals surface area contributed by atoms with E-state index < -0.39 is 17.8 Å². The molecule has 1 unspecified atom stereocenters. The number of nitrogens with zero attached hydrogens (tertiary/aromatic N) is 2. The van der Waals surface area contributed by atoms with Crippen molar-refractivity contribution in [3.8, 4) is 16.9 Å². The molecule has 7 nitrogen and oxygen atoms in total. The monoisotopic (exact) mass is 380 g/mol. The second kappa shape index (κ2) is 7.15. The van der Waals surface area contributed by atoms with Gasteiger partial charge in [0.2, 0.25) is 11.8 Å². The Hall–Kier alpha value is -3.68. The fourth-order valence-corrected chi connectivity index (χ4v) is 3.11. The summed E-state index contributed by atoms with van der Waals surface area (Å²) in [5.74, 6) is 0.105. The Morgan fingerprint density at radius 2 is 1.93 bits per heavy atom. The van der Waals surface area contributed by atoms with Crippen molar-refractivity contribution in [1.82, 2.24) is 9.78 Å². The van der Waals surface area contributed by atoms with E-state index in [2.05, 4.69) is 15.7 Å². The van der Waals surface area contributed by atoms with Gasteiger partial charge in [0.05, 0.1) is 19.7 Å². The highest BCUT2D eigenvalue weighted by atomic mass is 19.1. The lowest BCUT2D eigenvalue weighted by atomic mass is 10.1. The minimum Gasteiger partial charge on any atom is -0.497 e. The molecule has 8 heteroatoms. The van der Waals surface area contributed by atoms with E-state index in [9.17, 15) is 14.0 Å². The van der Waals surface area contributed by atoms with Crippen molar-refractivity contribution in [2.75, 3.05) is 17.7 Å². The molecule has 4 rings (SSSR count). The normalized spacial score (nSPS) is 15.5. The third kappa shape index (κ3) is 3.32. The van der Waals surface area contributed by atoms with E-state index in [4.69, 9.17) is 4.74 Å². The average Bonchev–Trinajstić information content (AvgIpc) is 3.12. The van der Waals surface area contributed by atoms with Crippen LogP contribution in [0.1, 0.15) is 12.5 Å². The zero-order valence-electron chi connectivity index (χ0n) is 15.0. The summed E-state index contributed by atoms with van der Waals surface area (Å²) in [6.45, 7) is 0. The minimum absolute atomic E-state index is 0.0379. The molecule has 0 spiro atoms. The zero-order chi connectivity index (χ0) is 19.7. The standard InChI is InChI=1S/C20H17FN4O3/c1-28-15-8-2-12(3-9-15)16-11-22-25-17(10-18(26)24-19(16)25)20(27)23-14-6-4-13(21)5-7-14/h2-9,11,17H,10H2,1H3,(H,23,27)(H,24,26). The molecule has 3 aromatic rings. The maximum absolute atomic E-state index is 13.1. The fraction of sp³-hybridized carbons (Fsp3) is 0.150. The predicted octanol–water partition coefficient (Wildman–Crippen LogP) is 3.22. The number of nitrogens with one attached hydrogen (secondary N) is 2. The lowest BCUT2D eigenvalue weighted by Crippen LogP contribution is -2.35. The number of fused-ring (bicyclic) bond motifs is 1. The first-order valence-corrected chi connectivity index (χ1v) is 8.63. The zero-order valence-corrected chi connectivity index (χ0v) is 15.0. The van der Waals surface area contributed by atoms with Crippen LogP contribution in [0.25, 0.3) is 11.1 Å². The lowest BCUT2D eigenvalue weighted by molar-refractivity contribution is -0.125. The molecule has 2 aromatic carbocycles. The summed E-state index contributed by atoms with van der Waals surface area (Å²) in [5.41, 5.74) is 1.98. The Balaban J connectivity index is 1.63. The second-order valence-electron chi connectivity index (χ2n) is 6.34. The third-order valence-corrected chi connectivity index (χ3v) is 4.54. The highest BCUT2D eigenvalue weighted by Gasteiger charge is 2.33. The summed E-state index contributed by atoms with van der Waals surface area (Å²) in [6.07, 6.45) is 1.57. The smallest absolute Gasteiger partial charge is 0.249 e. The summed E-state index contributed by atoms with van der Waals surface area (Å²) in [7, 11) is 1.58. The molecule has 1 atom stereocenters. The number of hydrogen-bond donors (Lipinski definition) is 2. The molecule has 0 radical (unpaired) electrons. The summed E-state index contributed by atoms with van der Waals surface area (Å²) in [5, 5.41) is 9.81. The maximum atomic E-state index is 13.1. The van der Waals surface area contributed by atoms with E-state index >= 15 is 0 Å². The van der Waals surface area contributed by atoms with E-state index in [-0.39, 0.29) is 12.3 Å². The van der Waals surface area contributed by atoms with E-state index in [1.807, 2.05) is 24.3 Å². The van der Waals surface area contributed by atoms with Gasteiger partial charge in [0.1, 0.15) is 23.4 Å². The van der Waals surface area contributed by atoms with Crippen molar-refractivity contribution >= 4 is 23.3 Å². The molecule has 2 heterocycles. The van der Waals surface area contributed by atoms with Crippen molar-refractivity contribution in [2.24, 2.45) is 0 Å². The molecular weight excluding hydrogens is 363 g/mol. The molecule has 1 aliphatic rings. The van der Waals surface area contributed by atoms with Crippen LogP contribution in [0, 0.1) is 5.82 Å². The molecule has 28 heavy (non-hydrogen) atoms. The SMILES string of the molecule is COc1ccc(-c2cnn3c2NC(=O)CC3C(=O)Nc2ccc(F)cc2)cc1. The van der Waals surface area contributed by atoms with E-state index in [1.54, 1.807) is 13.3 Å². The van der Waals surface area contributed by atoms with Gasteiger partial charge in [0.15, 0.2) is 0 Å². The first-order chi connectivity index (χ1) is 13.5. The van der Waals surface area contributed by atoms with Gasteiger partial charge in [-0.1, -0.05) is 12.1 Å². The second-order valence-corrected chi connectivity index (χ2v) is 6.34. The molecule has 142 valence electrons. The third-order valence-electron chi connectivity index (χ3n) is 4.54. The highest BCUT2D eigenvalue weighted by Crippen LogP contribution is 2.35. The summed E-state index contributed by atoms with van der Waals surface area (Å²) in [6, 6.07) is 11.9. The molecule has 1 aromatic heterocycles. The van der Waals surface area contributed by atoms with Crippen molar-refractivity contribution in [3.05, 3.63) is 60.5 Å². The predicted molar refractivity (Wildman–Crippen MR) is 102 cm³/mol. The minimum atomic E-state index is -0.805. The Morgan fingerprint density at radius 3 is 2.61 bits per heavy atom. The number of benzene rings is 2. The number of halogens is 1. The van der Waals surface area contributed by atoms with Crippen molar-refractivity contribution in [2.45, 2.75) is 12.5 Å². The Morgan fingerprint density at radius 1 is 1.21 bits per heavy atom. The number of hydrogen-bond acceptors (Lipinski definition) is 4. The number of aromatic nitrogens is 2. The van der Waals surface area contributed by atoms with Gasteiger partial charge in [-0.15, -0.1) is 0 Å². The highest BCUT2D eigenvalue weighted by molar-refractivity contribution is 6.03. The van der Waals surface area contributed by atoms with Crippen LogP contribution in [-0.4, -0.2) is 28.7 Å². The van der Waals surface area contributed by atoms with E-state index in [0.29, 0.717) is 22.8 Å². The van der Waals surface area contributed by atoms with Crippen LogP contribution in [0.2, 0.25) is 0 Å². The molecular formula is C20H17FN4O3. The van der Waals surface area contributed by atoms with Gasteiger partial charge in [0.25, 0.3) is 0 Å². The number of ether oxygens (including phenoxy) is 1. The fourth-order valence-electron chi connectivity index (χ4n) is 3.11. The van der Waals surface area contributed by atoms with Gasteiger partial charge >= 0.3 is 0 Å². The Bertz CT molecular complexity index is 1030. The molecule has 0 saturated carbocycles. The van der Waals surface area contributed by atoms with Gasteiger partial charge in [-0.2, -0.15) is 5.10 Å². The molecule has 0 bridgehead atoms. The molecule has 1 aliphatic heterocycles. The largest absolute Gasteiger partial charge is 0.497 e. The number of carbonyl (C=O) groups excluding carboxylic acids is 2. The summed E-state index contributed by atoms with van der Waals surface area (Å²) < 4.78 is 19.7. The molecule has 0 fully saturated rings.